The number of nitrogens with one attached hydrogen (secondary N) is 2. The summed E-state index contributed by atoms with van der Waals surface area (Å²) >= 11 is 0. The Morgan fingerprint density at radius 2 is 1.72 bits per heavy atom. The van der Waals surface area contributed by atoms with Gasteiger partial charge in [-0.25, -0.2) is 4.79 Å². The summed E-state index contributed by atoms with van der Waals surface area (Å²) in [5.41, 5.74) is 0.330. The first-order chi connectivity index (χ1) is 17.5. The van der Waals surface area contributed by atoms with Crippen LogP contribution in [0, 0.1) is 0 Å². The van der Waals surface area contributed by atoms with E-state index in [0.717, 1.165) is 9.36 Å². The van der Waals surface area contributed by atoms with E-state index in [1.165, 1.54) is 6.26 Å². The highest BCUT2D eigenvalue weighted by molar-refractivity contribution is 5.95. The van der Waals surface area contributed by atoms with Crippen LogP contribution >= 0.6 is 0 Å². The second-order valence-corrected chi connectivity index (χ2v) is 8.03. The van der Waals surface area contributed by atoms with Crippen molar-refractivity contribution in [2.24, 2.45) is 0 Å². The third-order valence-electron chi connectivity index (χ3n) is 5.45. The summed E-state index contributed by atoms with van der Waals surface area (Å²) in [6, 6.07) is 17.0. The number of anilines is 1. The number of para-hydroxylation sites is 2. The van der Waals surface area contributed by atoms with Gasteiger partial charge in [0.1, 0.15) is 18.4 Å². The summed E-state index contributed by atoms with van der Waals surface area (Å²) in [5.74, 6) is 0.904. The SMILES string of the molecule is C[C@@H]1Oc2ccccc2O[C@H]1C(=O)Nc1ccc(-n2nnn(CC(=O)NCc3ccco3)c2=O)cc1. The normalized spacial score (nSPS) is 16.4. The van der Waals surface area contributed by atoms with E-state index in [9.17, 15) is 14.4 Å². The molecule has 36 heavy (non-hydrogen) atoms. The van der Waals surface area contributed by atoms with Gasteiger partial charge < -0.3 is 24.5 Å². The molecule has 2 amide bonds. The molecule has 0 aliphatic carbocycles. The Labute approximate surface area is 204 Å². The van der Waals surface area contributed by atoms with Gasteiger partial charge in [0.2, 0.25) is 12.0 Å². The summed E-state index contributed by atoms with van der Waals surface area (Å²) < 4.78 is 18.8. The van der Waals surface area contributed by atoms with Crippen molar-refractivity contribution in [3.63, 3.8) is 0 Å². The number of aromatic nitrogens is 4. The van der Waals surface area contributed by atoms with E-state index in [1.54, 1.807) is 61.5 Å². The molecule has 5 rings (SSSR count). The second-order valence-electron chi connectivity index (χ2n) is 8.03. The molecule has 0 saturated heterocycles. The van der Waals surface area contributed by atoms with Crippen molar-refractivity contribution < 1.29 is 23.5 Å². The fourth-order valence-corrected chi connectivity index (χ4v) is 3.63. The minimum atomic E-state index is -0.832. The van der Waals surface area contributed by atoms with Gasteiger partial charge in [0.05, 0.1) is 18.5 Å². The Kier molecular flexibility index (Phi) is 6.22. The summed E-state index contributed by atoms with van der Waals surface area (Å²) in [7, 11) is 0. The Morgan fingerprint density at radius 1 is 0.972 bits per heavy atom. The van der Waals surface area contributed by atoms with Crippen molar-refractivity contribution in [2.75, 3.05) is 5.32 Å². The van der Waals surface area contributed by atoms with Gasteiger partial charge >= 0.3 is 5.69 Å². The van der Waals surface area contributed by atoms with Crippen molar-refractivity contribution in [1.82, 2.24) is 25.1 Å². The predicted molar refractivity (Wildman–Crippen MR) is 126 cm³/mol. The number of carbonyl (C=O) groups is 2. The van der Waals surface area contributed by atoms with Crippen LogP contribution in [-0.4, -0.2) is 43.8 Å². The number of nitrogens with zero attached hydrogens (tertiary/aromatic N) is 4. The number of fused-ring (bicyclic) bond motifs is 1. The number of ether oxygens (including phenoxy) is 2. The van der Waals surface area contributed by atoms with Gasteiger partial charge in [-0.1, -0.05) is 12.1 Å². The van der Waals surface area contributed by atoms with Crippen LogP contribution in [0.2, 0.25) is 0 Å². The van der Waals surface area contributed by atoms with Crippen molar-refractivity contribution in [1.29, 1.82) is 0 Å². The largest absolute Gasteiger partial charge is 0.482 e. The quantitative estimate of drug-likeness (QED) is 0.397. The van der Waals surface area contributed by atoms with Crippen molar-refractivity contribution in [3.8, 4) is 17.2 Å². The minimum absolute atomic E-state index is 0.200. The highest BCUT2D eigenvalue weighted by atomic mass is 16.6. The highest BCUT2D eigenvalue weighted by Gasteiger charge is 2.34. The van der Waals surface area contributed by atoms with Gasteiger partial charge in [0.15, 0.2) is 11.5 Å². The minimum Gasteiger partial charge on any atom is -0.482 e. The smallest absolute Gasteiger partial charge is 0.368 e. The standard InChI is InChI=1S/C24H22N6O6/c1-15-22(36-20-7-3-2-6-19(20)35-15)23(32)26-16-8-10-17(11-9-16)30-24(33)29(27-28-30)14-21(31)25-13-18-5-4-12-34-18/h2-12,15,22H,13-14H2,1H3,(H,25,31)(H,26,32)/t15-,22+/m0/s1. The van der Waals surface area contributed by atoms with E-state index in [-0.39, 0.29) is 19.0 Å². The van der Waals surface area contributed by atoms with Crippen LogP contribution in [0.5, 0.6) is 11.5 Å². The summed E-state index contributed by atoms with van der Waals surface area (Å²) in [6.45, 7) is 1.67. The molecule has 2 aromatic heterocycles. The lowest BCUT2D eigenvalue weighted by molar-refractivity contribution is -0.128. The Hall–Kier alpha value is -4.87. The average molecular weight is 490 g/mol. The molecule has 0 saturated carbocycles. The Morgan fingerprint density at radius 3 is 2.44 bits per heavy atom. The molecule has 0 spiro atoms. The first kappa shape index (κ1) is 22.9. The maximum Gasteiger partial charge on any atom is 0.368 e. The number of furan rings is 1. The van der Waals surface area contributed by atoms with Gasteiger partial charge in [-0.3, -0.25) is 9.59 Å². The van der Waals surface area contributed by atoms with Crippen LogP contribution < -0.4 is 25.8 Å². The first-order valence-electron chi connectivity index (χ1n) is 11.1. The van der Waals surface area contributed by atoms with Crippen molar-refractivity contribution >= 4 is 17.5 Å². The van der Waals surface area contributed by atoms with Gasteiger partial charge in [0, 0.05) is 5.69 Å². The molecule has 2 atom stereocenters. The number of rotatable bonds is 7. The molecule has 1 aliphatic heterocycles. The summed E-state index contributed by atoms with van der Waals surface area (Å²) in [5, 5.41) is 13.0. The number of hydrogen-bond acceptors (Lipinski definition) is 8. The van der Waals surface area contributed by atoms with Crippen LogP contribution in [0.4, 0.5) is 5.69 Å². The molecule has 12 heteroatoms. The monoisotopic (exact) mass is 490 g/mol. The lowest BCUT2D eigenvalue weighted by atomic mass is 10.1. The Bertz CT molecular complexity index is 1430. The molecule has 0 unspecified atom stereocenters. The lowest BCUT2D eigenvalue weighted by Crippen LogP contribution is -2.46. The van der Waals surface area contributed by atoms with Crippen LogP contribution in [0.1, 0.15) is 12.7 Å². The molecule has 3 heterocycles. The third-order valence-corrected chi connectivity index (χ3v) is 5.45. The lowest BCUT2D eigenvalue weighted by Gasteiger charge is -2.31. The van der Waals surface area contributed by atoms with Crippen LogP contribution in [-0.2, 0) is 22.7 Å². The maximum atomic E-state index is 12.8. The number of tetrazole rings is 1. The number of carbonyl (C=O) groups excluding carboxylic acids is 2. The van der Waals surface area contributed by atoms with E-state index < -0.39 is 23.8 Å². The zero-order valence-electron chi connectivity index (χ0n) is 19.2. The van der Waals surface area contributed by atoms with E-state index in [1.807, 2.05) is 6.07 Å². The van der Waals surface area contributed by atoms with Gasteiger partial charge in [-0.05, 0) is 65.9 Å². The first-order valence-corrected chi connectivity index (χ1v) is 11.1. The van der Waals surface area contributed by atoms with E-state index in [2.05, 4.69) is 21.1 Å². The van der Waals surface area contributed by atoms with E-state index in [0.29, 0.717) is 28.6 Å². The third kappa shape index (κ3) is 4.82. The number of hydrogen-bond donors (Lipinski definition) is 2. The number of amides is 2. The molecule has 4 aromatic rings. The second kappa shape index (κ2) is 9.78. The molecule has 12 nitrogen and oxygen atoms in total. The molecule has 2 aromatic carbocycles. The van der Waals surface area contributed by atoms with Gasteiger partial charge in [0.25, 0.3) is 5.91 Å². The molecule has 184 valence electrons. The van der Waals surface area contributed by atoms with Gasteiger partial charge in [-0.15, -0.1) is 0 Å². The zero-order chi connectivity index (χ0) is 25.1. The Balaban J connectivity index is 1.21. The molecular weight excluding hydrogens is 468 g/mol. The molecule has 2 N–H and O–H groups in total. The van der Waals surface area contributed by atoms with E-state index in [4.69, 9.17) is 13.9 Å². The highest BCUT2D eigenvalue weighted by Crippen LogP contribution is 2.33. The van der Waals surface area contributed by atoms with Crippen LogP contribution in [0.3, 0.4) is 0 Å². The fourth-order valence-electron chi connectivity index (χ4n) is 3.63. The van der Waals surface area contributed by atoms with Crippen molar-refractivity contribution in [3.05, 3.63) is 83.2 Å². The predicted octanol–water partition coefficient (Wildman–Crippen LogP) is 1.51. The van der Waals surface area contributed by atoms with Gasteiger partial charge in [-0.2, -0.15) is 9.36 Å². The van der Waals surface area contributed by atoms with Crippen LogP contribution in [0.25, 0.3) is 5.69 Å². The number of benzene rings is 2. The molecule has 1 aliphatic rings. The molecule has 0 radical (unpaired) electrons. The average Bonchev–Trinajstić information content (AvgIpc) is 3.53. The molecule has 0 bridgehead atoms. The molecular formula is C24H22N6O6. The fraction of sp³-hybridized carbons (Fsp3) is 0.208. The van der Waals surface area contributed by atoms with Crippen LogP contribution in [0.15, 0.2) is 76.1 Å². The van der Waals surface area contributed by atoms with E-state index >= 15 is 0 Å². The summed E-state index contributed by atoms with van der Waals surface area (Å²) in [6.07, 6.45) is 0.191. The zero-order valence-corrected chi connectivity index (χ0v) is 19.2. The topological polar surface area (TPSA) is 143 Å². The van der Waals surface area contributed by atoms with Crippen molar-refractivity contribution in [2.45, 2.75) is 32.2 Å². The molecule has 0 fully saturated rings. The maximum absolute atomic E-state index is 12.8. The summed E-state index contributed by atoms with van der Waals surface area (Å²) in [4.78, 5) is 37.6.